The zero-order chi connectivity index (χ0) is 24.4. The summed E-state index contributed by atoms with van der Waals surface area (Å²) in [5, 5.41) is 7.34. The molecule has 0 radical (unpaired) electrons. The summed E-state index contributed by atoms with van der Waals surface area (Å²) in [6.45, 7) is 1.60. The maximum atomic E-state index is 12.7. The molecule has 2 rings (SSSR count). The molecule has 33 heavy (non-hydrogen) atoms. The number of methoxy groups -OCH3 is 2. The zero-order valence-electron chi connectivity index (χ0n) is 17.9. The van der Waals surface area contributed by atoms with Crippen molar-refractivity contribution < 1.29 is 36.5 Å². The Kier molecular flexibility index (Phi) is 8.74. The molecule has 3 amide bonds. The Labute approximate surface area is 190 Å². The van der Waals surface area contributed by atoms with Crippen molar-refractivity contribution in [3.05, 3.63) is 48.5 Å². The summed E-state index contributed by atoms with van der Waals surface area (Å²) in [7, 11) is -2.06. The maximum Gasteiger partial charge on any atom is 0.436 e. The minimum Gasteiger partial charge on any atom is -0.453 e. The van der Waals surface area contributed by atoms with E-state index in [9.17, 15) is 22.8 Å². The molecule has 0 unspecified atom stereocenters. The molecule has 12 nitrogen and oxygen atoms in total. The van der Waals surface area contributed by atoms with Crippen molar-refractivity contribution in [2.24, 2.45) is 4.99 Å². The van der Waals surface area contributed by atoms with Gasteiger partial charge >= 0.3 is 22.3 Å². The van der Waals surface area contributed by atoms with E-state index in [1.165, 1.54) is 24.3 Å². The van der Waals surface area contributed by atoms with Gasteiger partial charge in [0.25, 0.3) is 0 Å². The minimum atomic E-state index is -4.24. The van der Waals surface area contributed by atoms with Crippen molar-refractivity contribution in [2.45, 2.75) is 18.2 Å². The van der Waals surface area contributed by atoms with Crippen LogP contribution in [0.5, 0.6) is 5.75 Å². The van der Waals surface area contributed by atoms with E-state index in [1.54, 1.807) is 25.1 Å². The first-order chi connectivity index (χ1) is 15.7. The van der Waals surface area contributed by atoms with Crippen molar-refractivity contribution in [1.29, 1.82) is 0 Å². The van der Waals surface area contributed by atoms with Crippen LogP contribution in [0.3, 0.4) is 0 Å². The van der Waals surface area contributed by atoms with Crippen molar-refractivity contribution in [3.63, 3.8) is 0 Å². The van der Waals surface area contributed by atoms with E-state index in [-0.39, 0.29) is 28.4 Å². The molecule has 0 saturated heterocycles. The molecule has 0 spiro atoms. The number of carbonyl (C=O) groups is 3. The summed E-state index contributed by atoms with van der Waals surface area (Å²) < 4.78 is 39.4. The first-order valence-corrected chi connectivity index (χ1v) is 10.8. The minimum absolute atomic E-state index is 0.0174. The predicted molar refractivity (Wildman–Crippen MR) is 119 cm³/mol. The Morgan fingerprint density at radius 3 is 2.24 bits per heavy atom. The number of benzene rings is 2. The van der Waals surface area contributed by atoms with Gasteiger partial charge in [0.2, 0.25) is 11.9 Å². The van der Waals surface area contributed by atoms with E-state index in [0.717, 1.165) is 20.3 Å². The molecular formula is C20H22N4O8S. The number of rotatable bonds is 6. The van der Waals surface area contributed by atoms with Gasteiger partial charge in [-0.05, 0) is 30.3 Å². The number of ether oxygens (including phenoxy) is 2. The number of guanidine groups is 1. The number of alkyl carbamates (subject to hydrolysis) is 1. The van der Waals surface area contributed by atoms with Gasteiger partial charge < -0.3 is 24.3 Å². The largest absolute Gasteiger partial charge is 0.453 e. The van der Waals surface area contributed by atoms with Gasteiger partial charge in [-0.1, -0.05) is 25.1 Å². The fraction of sp³-hybridized carbons (Fsp3) is 0.200. The summed E-state index contributed by atoms with van der Waals surface area (Å²) in [5.41, 5.74) is 0.123. The number of amides is 3. The van der Waals surface area contributed by atoms with E-state index in [1.807, 2.05) is 0 Å². The van der Waals surface area contributed by atoms with E-state index >= 15 is 0 Å². The van der Waals surface area contributed by atoms with Crippen LogP contribution in [0.15, 0.2) is 58.4 Å². The van der Waals surface area contributed by atoms with Crippen molar-refractivity contribution in [1.82, 2.24) is 5.32 Å². The second-order valence-corrected chi connectivity index (χ2v) is 7.68. The van der Waals surface area contributed by atoms with Crippen LogP contribution in [0.4, 0.5) is 21.0 Å². The van der Waals surface area contributed by atoms with Crippen LogP contribution in [-0.2, 0) is 24.4 Å². The Balaban J connectivity index is 2.45. The number of anilines is 2. The highest BCUT2D eigenvalue weighted by Crippen LogP contribution is 2.28. The van der Waals surface area contributed by atoms with Crippen LogP contribution in [0, 0.1) is 0 Å². The molecule has 0 heterocycles. The molecule has 0 aliphatic rings. The molecule has 0 bridgehead atoms. The smallest absolute Gasteiger partial charge is 0.436 e. The lowest BCUT2D eigenvalue weighted by Gasteiger charge is -2.16. The highest BCUT2D eigenvalue weighted by atomic mass is 32.2. The summed E-state index contributed by atoms with van der Waals surface area (Å²) >= 11 is 0. The molecule has 0 fully saturated rings. The first-order valence-electron chi connectivity index (χ1n) is 9.40. The van der Waals surface area contributed by atoms with Crippen LogP contribution in [0.25, 0.3) is 0 Å². The molecule has 0 aromatic heterocycles. The van der Waals surface area contributed by atoms with Crippen LogP contribution in [0.1, 0.15) is 13.3 Å². The number of hydrogen-bond acceptors (Lipinski definition) is 8. The maximum absolute atomic E-state index is 12.7. The molecule has 13 heteroatoms. The van der Waals surface area contributed by atoms with Crippen LogP contribution in [0.2, 0.25) is 0 Å². The van der Waals surface area contributed by atoms with Gasteiger partial charge in [-0.25, -0.2) is 9.59 Å². The second kappa shape index (κ2) is 11.5. The van der Waals surface area contributed by atoms with E-state index in [2.05, 4.69) is 30.4 Å². The number of nitrogens with one attached hydrogen (secondary N) is 3. The first kappa shape index (κ1) is 25.1. The average Bonchev–Trinajstić information content (AvgIpc) is 2.79. The number of para-hydroxylation sites is 1. The van der Waals surface area contributed by atoms with Crippen LogP contribution < -0.4 is 20.1 Å². The lowest BCUT2D eigenvalue weighted by molar-refractivity contribution is -0.115. The number of carbonyl (C=O) groups excluding carboxylic acids is 3. The van der Waals surface area contributed by atoms with Gasteiger partial charge in [0.1, 0.15) is 10.6 Å². The summed E-state index contributed by atoms with van der Waals surface area (Å²) in [5.74, 6) is -0.713. The van der Waals surface area contributed by atoms with Gasteiger partial charge in [-0.3, -0.25) is 10.1 Å². The fourth-order valence-electron chi connectivity index (χ4n) is 2.28. The number of nitrogens with zero attached hydrogens (tertiary/aromatic N) is 1. The third kappa shape index (κ3) is 7.50. The molecule has 3 N–H and O–H groups in total. The predicted octanol–water partition coefficient (Wildman–Crippen LogP) is 2.69. The van der Waals surface area contributed by atoms with Crippen LogP contribution >= 0.6 is 0 Å². The van der Waals surface area contributed by atoms with Crippen molar-refractivity contribution in [3.8, 4) is 5.75 Å². The molecule has 176 valence electrons. The highest BCUT2D eigenvalue weighted by molar-refractivity contribution is 7.87. The molecule has 0 aliphatic heterocycles. The SMILES string of the molecule is CCC(=O)Nc1cc(S(=O)(=O)Oc2ccccc2)ccc1NC(=NC(=O)OC)NC(=O)OC. The van der Waals surface area contributed by atoms with Gasteiger partial charge in [0.05, 0.1) is 25.6 Å². The van der Waals surface area contributed by atoms with Crippen molar-refractivity contribution >= 4 is 45.5 Å². The number of aliphatic imine (C=N–C) groups is 1. The van der Waals surface area contributed by atoms with Gasteiger partial charge in [0.15, 0.2) is 0 Å². The monoisotopic (exact) mass is 478 g/mol. The highest BCUT2D eigenvalue weighted by Gasteiger charge is 2.20. The summed E-state index contributed by atoms with van der Waals surface area (Å²) in [4.78, 5) is 38.4. The van der Waals surface area contributed by atoms with Gasteiger partial charge in [-0.15, -0.1) is 4.99 Å². The number of hydrogen-bond donors (Lipinski definition) is 3. The zero-order valence-corrected chi connectivity index (χ0v) is 18.8. The molecular weight excluding hydrogens is 456 g/mol. The molecule has 2 aromatic carbocycles. The topological polar surface area (TPSA) is 161 Å². The van der Waals surface area contributed by atoms with Gasteiger partial charge in [0, 0.05) is 6.42 Å². The Morgan fingerprint density at radius 1 is 0.939 bits per heavy atom. The average molecular weight is 478 g/mol. The third-order valence-corrected chi connectivity index (χ3v) is 5.10. The molecule has 2 aromatic rings. The molecule has 0 aliphatic carbocycles. The lowest BCUT2D eigenvalue weighted by atomic mass is 10.2. The second-order valence-electron chi connectivity index (χ2n) is 6.13. The van der Waals surface area contributed by atoms with Crippen molar-refractivity contribution in [2.75, 3.05) is 24.9 Å². The Bertz CT molecular complexity index is 1150. The van der Waals surface area contributed by atoms with Gasteiger partial charge in [-0.2, -0.15) is 8.42 Å². The fourth-order valence-corrected chi connectivity index (χ4v) is 3.24. The lowest BCUT2D eigenvalue weighted by Crippen LogP contribution is -2.36. The normalized spacial score (nSPS) is 11.2. The van der Waals surface area contributed by atoms with E-state index in [0.29, 0.717) is 0 Å². The summed E-state index contributed by atoms with van der Waals surface area (Å²) in [6.07, 6.45) is -1.89. The quantitative estimate of drug-likeness (QED) is 0.322. The van der Waals surface area contributed by atoms with Crippen LogP contribution in [-0.4, -0.2) is 46.7 Å². The Hall–Kier alpha value is -4.13. The molecule has 0 saturated carbocycles. The molecule has 0 atom stereocenters. The summed E-state index contributed by atoms with van der Waals surface area (Å²) in [6, 6.07) is 11.5. The standard InChI is InChI=1S/C20H22N4O8S/c1-4-17(25)21-16-12-14(33(28,29)32-13-8-6-5-7-9-13)10-11-15(16)22-18(23-19(26)30-2)24-20(27)31-3/h5-12H,4H2,1-3H3,(H,21,25)(H2,22,23,24,26,27). The third-order valence-electron chi connectivity index (χ3n) is 3.86. The Morgan fingerprint density at radius 2 is 1.64 bits per heavy atom. The van der Waals surface area contributed by atoms with E-state index in [4.69, 9.17) is 4.18 Å². The van der Waals surface area contributed by atoms with E-state index < -0.39 is 34.2 Å².